The van der Waals surface area contributed by atoms with Gasteiger partial charge in [-0.3, -0.25) is 4.98 Å². The smallest absolute Gasteiger partial charge is 0.141 e. The van der Waals surface area contributed by atoms with Crippen molar-refractivity contribution in [3.05, 3.63) is 29.8 Å². The van der Waals surface area contributed by atoms with Crippen LogP contribution in [0.2, 0.25) is 0 Å². The van der Waals surface area contributed by atoms with E-state index in [1.54, 1.807) is 0 Å². The minimum absolute atomic E-state index is 0.349. The molecule has 1 aromatic rings. The third-order valence-electron chi connectivity index (χ3n) is 1.93. The van der Waals surface area contributed by atoms with Gasteiger partial charge in [0.05, 0.1) is 11.9 Å². The Morgan fingerprint density at radius 1 is 1.62 bits per heavy atom. The number of hydrogen-bond donors (Lipinski definition) is 2. The quantitative estimate of drug-likeness (QED) is 0.736. The van der Waals surface area contributed by atoms with Gasteiger partial charge >= 0.3 is 0 Å². The van der Waals surface area contributed by atoms with Crippen molar-refractivity contribution >= 4 is 0 Å². The summed E-state index contributed by atoms with van der Waals surface area (Å²) in [4.78, 5) is 3.74. The third-order valence-corrected chi connectivity index (χ3v) is 1.93. The minimum Gasteiger partial charge on any atom is -0.385 e. The van der Waals surface area contributed by atoms with Crippen LogP contribution in [-0.4, -0.2) is 16.1 Å². The summed E-state index contributed by atoms with van der Waals surface area (Å²) in [5.74, 6) is -0.416. The van der Waals surface area contributed by atoms with Gasteiger partial charge in [0.25, 0.3) is 0 Å². The van der Waals surface area contributed by atoms with Crippen LogP contribution in [0.5, 0.6) is 0 Å². The first kappa shape index (κ1) is 10.1. The van der Waals surface area contributed by atoms with Gasteiger partial charge in [0.1, 0.15) is 11.9 Å². The Hall–Kier alpha value is -1.00. The highest BCUT2D eigenvalue weighted by Crippen LogP contribution is 2.14. The second kappa shape index (κ2) is 4.30. The minimum atomic E-state index is -0.814. The zero-order valence-electron chi connectivity index (χ0n) is 7.44. The van der Waals surface area contributed by atoms with Crippen LogP contribution in [0.4, 0.5) is 4.39 Å². The van der Waals surface area contributed by atoms with Gasteiger partial charge in [-0.05, 0) is 18.6 Å². The van der Waals surface area contributed by atoms with Crippen molar-refractivity contribution in [2.75, 3.05) is 0 Å². The molecular weight excluding hydrogens is 171 g/mol. The van der Waals surface area contributed by atoms with Gasteiger partial charge in [-0.25, -0.2) is 4.39 Å². The number of hydrogen-bond acceptors (Lipinski definition) is 3. The molecule has 0 radical (unpaired) electrons. The molecule has 0 saturated heterocycles. The second-order valence-corrected chi connectivity index (χ2v) is 2.92. The molecule has 0 fully saturated rings. The predicted molar refractivity (Wildman–Crippen MR) is 47.4 cm³/mol. The number of aliphatic hydroxyl groups is 1. The van der Waals surface area contributed by atoms with E-state index in [9.17, 15) is 9.50 Å². The van der Waals surface area contributed by atoms with Crippen molar-refractivity contribution in [3.8, 4) is 0 Å². The summed E-state index contributed by atoms with van der Waals surface area (Å²) in [6, 6.07) is 2.35. The lowest BCUT2D eigenvalue weighted by atomic mass is 10.1. The molecule has 0 unspecified atom stereocenters. The molecule has 0 aliphatic heterocycles. The van der Waals surface area contributed by atoms with Crippen molar-refractivity contribution in [1.29, 1.82) is 0 Å². The first-order valence-corrected chi connectivity index (χ1v) is 4.20. The van der Waals surface area contributed by atoms with E-state index >= 15 is 0 Å². The van der Waals surface area contributed by atoms with E-state index in [4.69, 9.17) is 5.73 Å². The molecule has 2 atom stereocenters. The molecule has 1 heterocycles. The van der Waals surface area contributed by atoms with Crippen LogP contribution in [-0.2, 0) is 0 Å². The fourth-order valence-electron chi connectivity index (χ4n) is 1.00. The number of pyridine rings is 1. The lowest BCUT2D eigenvalue weighted by Crippen LogP contribution is -2.27. The molecule has 0 aliphatic carbocycles. The first-order valence-electron chi connectivity index (χ1n) is 4.20. The van der Waals surface area contributed by atoms with Crippen LogP contribution in [0.25, 0.3) is 0 Å². The number of nitrogens with two attached hydrogens (primary N) is 1. The molecule has 72 valence electrons. The summed E-state index contributed by atoms with van der Waals surface area (Å²) in [5, 5.41) is 9.57. The topological polar surface area (TPSA) is 59.1 Å². The molecule has 0 bridgehead atoms. The van der Waals surface area contributed by atoms with Gasteiger partial charge in [0.15, 0.2) is 0 Å². The molecule has 1 aromatic heterocycles. The van der Waals surface area contributed by atoms with Gasteiger partial charge in [0, 0.05) is 6.04 Å². The van der Waals surface area contributed by atoms with Crippen LogP contribution in [0.1, 0.15) is 25.1 Å². The summed E-state index contributed by atoms with van der Waals surface area (Å²) in [5.41, 5.74) is 6.02. The summed E-state index contributed by atoms with van der Waals surface area (Å²) in [7, 11) is 0. The van der Waals surface area contributed by atoms with Crippen molar-refractivity contribution in [2.45, 2.75) is 25.5 Å². The Morgan fingerprint density at radius 2 is 2.31 bits per heavy atom. The zero-order valence-corrected chi connectivity index (χ0v) is 7.44. The van der Waals surface area contributed by atoms with Crippen LogP contribution in [0, 0.1) is 5.82 Å². The van der Waals surface area contributed by atoms with E-state index in [0.29, 0.717) is 12.1 Å². The van der Waals surface area contributed by atoms with E-state index in [1.165, 1.54) is 12.1 Å². The Kier molecular flexibility index (Phi) is 3.33. The normalized spacial score (nSPS) is 15.4. The highest BCUT2D eigenvalue weighted by molar-refractivity contribution is 5.09. The van der Waals surface area contributed by atoms with E-state index in [0.717, 1.165) is 6.20 Å². The predicted octanol–water partition coefficient (Wildman–Crippen LogP) is 0.991. The van der Waals surface area contributed by atoms with E-state index in [1.807, 2.05) is 6.92 Å². The average molecular weight is 184 g/mol. The van der Waals surface area contributed by atoms with Crippen LogP contribution < -0.4 is 5.73 Å². The van der Waals surface area contributed by atoms with Gasteiger partial charge in [-0.2, -0.15) is 0 Å². The van der Waals surface area contributed by atoms with Gasteiger partial charge in [0.2, 0.25) is 0 Å². The first-order chi connectivity index (χ1) is 6.15. The number of aromatic nitrogens is 1. The molecule has 3 nitrogen and oxygen atoms in total. The number of rotatable bonds is 3. The maximum Gasteiger partial charge on any atom is 0.141 e. The molecule has 13 heavy (non-hydrogen) atoms. The maximum atomic E-state index is 12.5. The van der Waals surface area contributed by atoms with Crippen molar-refractivity contribution in [2.24, 2.45) is 5.73 Å². The monoisotopic (exact) mass is 184 g/mol. The second-order valence-electron chi connectivity index (χ2n) is 2.92. The number of halogens is 1. The van der Waals surface area contributed by atoms with Crippen LogP contribution in [0.3, 0.4) is 0 Å². The van der Waals surface area contributed by atoms with Crippen molar-refractivity contribution < 1.29 is 9.50 Å². The lowest BCUT2D eigenvalue weighted by Gasteiger charge is -2.15. The Labute approximate surface area is 76.4 Å². The van der Waals surface area contributed by atoms with Crippen LogP contribution >= 0.6 is 0 Å². The Morgan fingerprint density at radius 3 is 2.77 bits per heavy atom. The molecule has 0 aliphatic rings. The molecule has 0 aromatic carbocycles. The SMILES string of the molecule is CC[C@@H](N)[C@H](O)c1ccc(F)cn1. The molecule has 4 heteroatoms. The lowest BCUT2D eigenvalue weighted by molar-refractivity contribution is 0.140. The van der Waals surface area contributed by atoms with Crippen molar-refractivity contribution in [3.63, 3.8) is 0 Å². The van der Waals surface area contributed by atoms with E-state index in [2.05, 4.69) is 4.98 Å². The molecule has 1 rings (SSSR count). The standard InChI is InChI=1S/C9H13FN2O/c1-2-7(11)9(13)8-4-3-6(10)5-12-8/h3-5,7,9,13H,2,11H2,1H3/t7-,9+/m1/s1. The molecule has 0 saturated carbocycles. The van der Waals surface area contributed by atoms with Gasteiger partial charge < -0.3 is 10.8 Å². The Balaban J connectivity index is 2.77. The fourth-order valence-corrected chi connectivity index (χ4v) is 1.00. The number of aliphatic hydroxyl groups excluding tert-OH is 1. The average Bonchev–Trinajstić information content (AvgIpc) is 2.17. The molecule has 0 amide bonds. The fraction of sp³-hybridized carbons (Fsp3) is 0.444. The molecule has 0 spiro atoms. The summed E-state index contributed by atoms with van der Waals surface area (Å²) < 4.78 is 12.5. The summed E-state index contributed by atoms with van der Waals surface area (Å²) in [6.45, 7) is 1.87. The third kappa shape index (κ3) is 2.47. The van der Waals surface area contributed by atoms with E-state index in [-0.39, 0.29) is 6.04 Å². The van der Waals surface area contributed by atoms with E-state index < -0.39 is 11.9 Å². The highest BCUT2D eigenvalue weighted by Gasteiger charge is 2.15. The zero-order chi connectivity index (χ0) is 9.84. The molecular formula is C9H13FN2O. The highest BCUT2D eigenvalue weighted by atomic mass is 19.1. The Bertz CT molecular complexity index is 263. The van der Waals surface area contributed by atoms with Gasteiger partial charge in [-0.15, -0.1) is 0 Å². The summed E-state index contributed by atoms with van der Waals surface area (Å²) >= 11 is 0. The molecule has 3 N–H and O–H groups in total. The van der Waals surface area contributed by atoms with Crippen LogP contribution in [0.15, 0.2) is 18.3 Å². The maximum absolute atomic E-state index is 12.5. The van der Waals surface area contributed by atoms with Gasteiger partial charge in [-0.1, -0.05) is 6.92 Å². The summed E-state index contributed by atoms with van der Waals surface area (Å²) in [6.07, 6.45) is 0.909. The largest absolute Gasteiger partial charge is 0.385 e. The number of nitrogens with zero attached hydrogens (tertiary/aromatic N) is 1. The van der Waals surface area contributed by atoms with Crippen molar-refractivity contribution in [1.82, 2.24) is 4.98 Å².